The Morgan fingerprint density at radius 2 is 2.04 bits per heavy atom. The SMILES string of the molecule is CCN(CC)c1ccc(/C=N/c2sc3c(c2C#N)CCCC3)c(O)c1. The number of thiophene rings is 1. The van der Waals surface area contributed by atoms with E-state index in [2.05, 4.69) is 29.8 Å². The molecule has 130 valence electrons. The Balaban J connectivity index is 1.88. The number of nitriles is 1. The largest absolute Gasteiger partial charge is 0.507 e. The van der Waals surface area contributed by atoms with Crippen LogP contribution in [-0.2, 0) is 12.8 Å². The summed E-state index contributed by atoms with van der Waals surface area (Å²) >= 11 is 1.62. The van der Waals surface area contributed by atoms with Crippen LogP contribution in [0.2, 0.25) is 0 Å². The lowest BCUT2D eigenvalue weighted by Gasteiger charge is -2.21. The predicted molar refractivity (Wildman–Crippen MR) is 105 cm³/mol. The molecule has 1 heterocycles. The van der Waals surface area contributed by atoms with E-state index in [4.69, 9.17) is 0 Å². The number of aryl methyl sites for hydroxylation is 1. The number of phenolic OH excluding ortho intramolecular Hbond substituents is 1. The van der Waals surface area contributed by atoms with E-state index >= 15 is 0 Å². The van der Waals surface area contributed by atoms with Crippen LogP contribution in [0, 0.1) is 11.3 Å². The average molecular weight is 353 g/mol. The molecule has 4 nitrogen and oxygen atoms in total. The zero-order chi connectivity index (χ0) is 17.8. The minimum Gasteiger partial charge on any atom is -0.507 e. The molecule has 1 aliphatic rings. The second-order valence-electron chi connectivity index (χ2n) is 6.18. The summed E-state index contributed by atoms with van der Waals surface area (Å²) in [5.41, 5.74) is 3.58. The van der Waals surface area contributed by atoms with Gasteiger partial charge < -0.3 is 10.0 Å². The van der Waals surface area contributed by atoms with Crippen LogP contribution in [0.25, 0.3) is 0 Å². The first-order valence-electron chi connectivity index (χ1n) is 8.84. The molecule has 0 spiro atoms. The monoisotopic (exact) mass is 353 g/mol. The number of aromatic hydroxyl groups is 1. The molecule has 3 rings (SSSR count). The molecule has 0 bridgehead atoms. The third-order valence-corrected chi connectivity index (χ3v) is 5.93. The number of fused-ring (bicyclic) bond motifs is 1. The minimum atomic E-state index is 0.216. The molecule has 1 aliphatic carbocycles. The van der Waals surface area contributed by atoms with E-state index in [0.717, 1.165) is 48.6 Å². The first kappa shape index (κ1) is 17.5. The average Bonchev–Trinajstić information content (AvgIpc) is 2.99. The van der Waals surface area contributed by atoms with Gasteiger partial charge in [-0.2, -0.15) is 5.26 Å². The maximum absolute atomic E-state index is 10.3. The van der Waals surface area contributed by atoms with Gasteiger partial charge in [-0.3, -0.25) is 0 Å². The molecule has 0 atom stereocenters. The third kappa shape index (κ3) is 3.54. The summed E-state index contributed by atoms with van der Waals surface area (Å²) in [6.45, 7) is 5.99. The summed E-state index contributed by atoms with van der Waals surface area (Å²) in [4.78, 5) is 8.01. The summed E-state index contributed by atoms with van der Waals surface area (Å²) in [6.07, 6.45) is 6.03. The quantitative estimate of drug-likeness (QED) is 0.785. The molecule has 0 amide bonds. The van der Waals surface area contributed by atoms with Crippen molar-refractivity contribution in [2.45, 2.75) is 39.5 Å². The molecule has 0 radical (unpaired) electrons. The Morgan fingerprint density at radius 3 is 2.72 bits per heavy atom. The Hall–Kier alpha value is -2.32. The van der Waals surface area contributed by atoms with Crippen molar-refractivity contribution in [3.05, 3.63) is 39.8 Å². The summed E-state index contributed by atoms with van der Waals surface area (Å²) in [5, 5.41) is 20.6. The van der Waals surface area contributed by atoms with Crippen molar-refractivity contribution in [3.63, 3.8) is 0 Å². The van der Waals surface area contributed by atoms with Crippen LogP contribution >= 0.6 is 11.3 Å². The van der Waals surface area contributed by atoms with E-state index in [-0.39, 0.29) is 5.75 Å². The van der Waals surface area contributed by atoms with Gasteiger partial charge in [0.2, 0.25) is 0 Å². The molecular formula is C20H23N3OS. The zero-order valence-electron chi connectivity index (χ0n) is 14.7. The van der Waals surface area contributed by atoms with Crippen molar-refractivity contribution in [3.8, 4) is 11.8 Å². The highest BCUT2D eigenvalue weighted by Gasteiger charge is 2.20. The van der Waals surface area contributed by atoms with Crippen molar-refractivity contribution in [2.24, 2.45) is 4.99 Å². The zero-order valence-corrected chi connectivity index (χ0v) is 15.6. The number of rotatable bonds is 5. The maximum atomic E-state index is 10.3. The van der Waals surface area contributed by atoms with Crippen molar-refractivity contribution in [1.29, 1.82) is 5.26 Å². The normalized spacial score (nSPS) is 13.6. The standard InChI is InChI=1S/C20H23N3OS/c1-3-23(4-2)15-10-9-14(18(24)11-15)13-22-20-17(12-21)16-7-5-6-8-19(16)25-20/h9-11,13,24H,3-8H2,1-2H3/b22-13+. The smallest absolute Gasteiger partial charge is 0.134 e. The fourth-order valence-electron chi connectivity index (χ4n) is 3.31. The first-order valence-corrected chi connectivity index (χ1v) is 9.66. The molecular weight excluding hydrogens is 330 g/mol. The second kappa shape index (κ2) is 7.71. The number of benzene rings is 1. The molecule has 2 aromatic rings. The molecule has 0 unspecified atom stereocenters. The Labute approximate surface area is 153 Å². The molecule has 0 aliphatic heterocycles. The Morgan fingerprint density at radius 1 is 1.28 bits per heavy atom. The number of hydrogen-bond acceptors (Lipinski definition) is 5. The third-order valence-electron chi connectivity index (χ3n) is 4.73. The van der Waals surface area contributed by atoms with Gasteiger partial charge in [0.25, 0.3) is 0 Å². The fourth-order valence-corrected chi connectivity index (χ4v) is 4.50. The number of aliphatic imine (C=N–C) groups is 1. The van der Waals surface area contributed by atoms with Gasteiger partial charge in [-0.05, 0) is 57.2 Å². The predicted octanol–water partition coefficient (Wildman–Crippen LogP) is 4.80. The molecule has 1 aromatic carbocycles. The van der Waals surface area contributed by atoms with E-state index < -0.39 is 0 Å². The van der Waals surface area contributed by atoms with Crippen molar-refractivity contribution >= 4 is 28.2 Å². The molecule has 1 N–H and O–H groups in total. The van der Waals surface area contributed by atoms with E-state index in [9.17, 15) is 10.4 Å². The minimum absolute atomic E-state index is 0.216. The van der Waals surface area contributed by atoms with E-state index in [1.807, 2.05) is 12.1 Å². The van der Waals surface area contributed by atoms with Gasteiger partial charge in [0.15, 0.2) is 0 Å². The summed E-state index contributed by atoms with van der Waals surface area (Å²) in [6, 6.07) is 7.98. The fraction of sp³-hybridized carbons (Fsp3) is 0.400. The van der Waals surface area contributed by atoms with Crippen molar-refractivity contribution in [2.75, 3.05) is 18.0 Å². The van der Waals surface area contributed by atoms with Crippen LogP contribution < -0.4 is 4.90 Å². The first-order chi connectivity index (χ1) is 12.2. The van der Waals surface area contributed by atoms with Crippen LogP contribution in [0.1, 0.15) is 48.3 Å². The molecule has 5 heteroatoms. The molecule has 0 saturated carbocycles. The lowest BCUT2D eigenvalue weighted by atomic mass is 9.96. The maximum Gasteiger partial charge on any atom is 0.134 e. The van der Waals surface area contributed by atoms with Crippen LogP contribution in [0.4, 0.5) is 10.7 Å². The van der Waals surface area contributed by atoms with Crippen molar-refractivity contribution < 1.29 is 5.11 Å². The lowest BCUT2D eigenvalue weighted by molar-refractivity contribution is 0.474. The highest BCUT2D eigenvalue weighted by atomic mass is 32.1. The summed E-state index contributed by atoms with van der Waals surface area (Å²) in [5.74, 6) is 0.216. The van der Waals surface area contributed by atoms with Crippen LogP contribution in [0.3, 0.4) is 0 Å². The van der Waals surface area contributed by atoms with Gasteiger partial charge in [-0.15, -0.1) is 11.3 Å². The summed E-state index contributed by atoms with van der Waals surface area (Å²) in [7, 11) is 0. The van der Waals surface area contributed by atoms with Crippen LogP contribution in [0.15, 0.2) is 23.2 Å². The molecule has 0 saturated heterocycles. The highest BCUT2D eigenvalue weighted by molar-refractivity contribution is 7.16. The number of nitrogens with zero attached hydrogens (tertiary/aromatic N) is 3. The van der Waals surface area contributed by atoms with E-state index in [0.29, 0.717) is 5.56 Å². The van der Waals surface area contributed by atoms with Crippen LogP contribution in [0.5, 0.6) is 5.75 Å². The number of anilines is 1. The van der Waals surface area contributed by atoms with Crippen LogP contribution in [-0.4, -0.2) is 24.4 Å². The van der Waals surface area contributed by atoms with Gasteiger partial charge in [0.05, 0.1) is 5.56 Å². The van der Waals surface area contributed by atoms with Gasteiger partial charge in [0.1, 0.15) is 16.8 Å². The lowest BCUT2D eigenvalue weighted by Crippen LogP contribution is -2.21. The van der Waals surface area contributed by atoms with Gasteiger partial charge >= 0.3 is 0 Å². The molecule has 25 heavy (non-hydrogen) atoms. The van der Waals surface area contributed by atoms with Crippen molar-refractivity contribution in [1.82, 2.24) is 0 Å². The van der Waals surface area contributed by atoms with Gasteiger partial charge in [0, 0.05) is 41.5 Å². The summed E-state index contributed by atoms with van der Waals surface area (Å²) < 4.78 is 0. The van der Waals surface area contributed by atoms with E-state index in [1.165, 1.54) is 16.9 Å². The topological polar surface area (TPSA) is 59.6 Å². The number of hydrogen-bond donors (Lipinski definition) is 1. The van der Waals surface area contributed by atoms with Gasteiger partial charge in [-0.1, -0.05) is 0 Å². The molecule has 0 fully saturated rings. The molecule has 1 aromatic heterocycles. The number of phenols is 1. The highest BCUT2D eigenvalue weighted by Crippen LogP contribution is 2.39. The van der Waals surface area contributed by atoms with E-state index in [1.54, 1.807) is 23.6 Å². The Bertz CT molecular complexity index is 828. The second-order valence-corrected chi connectivity index (χ2v) is 7.26. The van der Waals surface area contributed by atoms with Gasteiger partial charge in [-0.25, -0.2) is 4.99 Å². The Kier molecular flexibility index (Phi) is 5.40.